The smallest absolute Gasteiger partial charge is 0.191 e. The number of hydrogen-bond acceptors (Lipinski definition) is 6. The van der Waals surface area contributed by atoms with Gasteiger partial charge in [-0.1, -0.05) is 18.7 Å². The summed E-state index contributed by atoms with van der Waals surface area (Å²) in [6.07, 6.45) is 4.31. The molecule has 1 aromatic rings. The maximum absolute atomic E-state index is 4.67. The number of thioether (sulfide) groups is 1. The van der Waals surface area contributed by atoms with Crippen molar-refractivity contribution in [2.75, 3.05) is 56.2 Å². The lowest BCUT2D eigenvalue weighted by molar-refractivity contribution is 0.360. The molecule has 1 saturated heterocycles. The van der Waals surface area contributed by atoms with Crippen molar-refractivity contribution >= 4 is 23.4 Å². The zero-order valence-electron chi connectivity index (χ0n) is 12.7. The first-order valence-corrected chi connectivity index (χ1v) is 8.56. The third kappa shape index (κ3) is 4.24. The van der Waals surface area contributed by atoms with Crippen LogP contribution in [0.5, 0.6) is 0 Å². The minimum absolute atomic E-state index is 0.846. The molecule has 112 valence electrons. The molecule has 2 heterocycles. The van der Waals surface area contributed by atoms with Gasteiger partial charge in [0, 0.05) is 32.2 Å². The lowest BCUT2D eigenvalue weighted by atomic mass is 10.3. The van der Waals surface area contributed by atoms with E-state index in [4.69, 9.17) is 0 Å². The van der Waals surface area contributed by atoms with Gasteiger partial charge in [-0.2, -0.15) is 0 Å². The summed E-state index contributed by atoms with van der Waals surface area (Å²) in [5.41, 5.74) is 0. The van der Waals surface area contributed by atoms with E-state index in [9.17, 15) is 0 Å². The van der Waals surface area contributed by atoms with E-state index in [0.29, 0.717) is 0 Å². The predicted molar refractivity (Wildman–Crippen MR) is 86.9 cm³/mol. The van der Waals surface area contributed by atoms with Gasteiger partial charge in [0.15, 0.2) is 5.16 Å². The zero-order chi connectivity index (χ0) is 14.4. The predicted octanol–water partition coefficient (Wildman–Crippen LogP) is 2.16. The Morgan fingerprint density at radius 1 is 1.25 bits per heavy atom. The first-order valence-electron chi connectivity index (χ1n) is 7.33. The van der Waals surface area contributed by atoms with Gasteiger partial charge in [-0.3, -0.25) is 0 Å². The lowest BCUT2D eigenvalue weighted by Gasteiger charge is -2.22. The van der Waals surface area contributed by atoms with Crippen molar-refractivity contribution in [1.29, 1.82) is 0 Å². The molecule has 0 bridgehead atoms. The maximum Gasteiger partial charge on any atom is 0.191 e. The van der Waals surface area contributed by atoms with Crippen LogP contribution < -0.4 is 10.2 Å². The number of likely N-dealkylation sites (N-methyl/N-ethyl adjacent to an activating group) is 1. The number of rotatable bonds is 5. The Kier molecular flexibility index (Phi) is 5.91. The average molecular weight is 295 g/mol. The second-order valence-electron chi connectivity index (χ2n) is 5.17. The molecule has 5 nitrogen and oxygen atoms in total. The molecule has 0 aliphatic carbocycles. The normalized spacial score (nSPS) is 17.1. The number of nitrogens with one attached hydrogen (secondary N) is 1. The molecule has 1 fully saturated rings. The Bertz CT molecular complexity index is 426. The van der Waals surface area contributed by atoms with Gasteiger partial charge in [-0.05, 0) is 32.7 Å². The molecule has 0 atom stereocenters. The van der Waals surface area contributed by atoms with Crippen LogP contribution in [0.3, 0.4) is 0 Å². The molecule has 1 aliphatic heterocycles. The highest BCUT2D eigenvalue weighted by Crippen LogP contribution is 2.21. The van der Waals surface area contributed by atoms with Crippen molar-refractivity contribution in [3.05, 3.63) is 6.07 Å². The van der Waals surface area contributed by atoms with Gasteiger partial charge in [0.1, 0.15) is 11.6 Å². The summed E-state index contributed by atoms with van der Waals surface area (Å²) < 4.78 is 0. The molecule has 2 rings (SSSR count). The van der Waals surface area contributed by atoms with E-state index in [1.165, 1.54) is 6.42 Å². The van der Waals surface area contributed by atoms with Crippen LogP contribution in [0.1, 0.15) is 19.8 Å². The van der Waals surface area contributed by atoms with Crippen molar-refractivity contribution in [2.24, 2.45) is 0 Å². The minimum Gasteiger partial charge on any atom is -0.370 e. The van der Waals surface area contributed by atoms with Gasteiger partial charge < -0.3 is 15.1 Å². The Hall–Kier alpha value is -1.01. The second kappa shape index (κ2) is 7.69. The summed E-state index contributed by atoms with van der Waals surface area (Å²) >= 11 is 1.60. The fraction of sp³-hybridized carbons (Fsp3) is 0.714. The Morgan fingerprint density at radius 2 is 2.10 bits per heavy atom. The molecule has 1 aliphatic rings. The van der Waals surface area contributed by atoms with E-state index in [2.05, 4.69) is 45.1 Å². The Morgan fingerprint density at radius 3 is 2.85 bits per heavy atom. The highest BCUT2D eigenvalue weighted by Gasteiger charge is 2.15. The quantitative estimate of drug-likeness (QED) is 0.663. The van der Waals surface area contributed by atoms with Crippen LogP contribution in [-0.2, 0) is 0 Å². The topological polar surface area (TPSA) is 44.3 Å². The molecule has 0 radical (unpaired) electrons. The van der Waals surface area contributed by atoms with Crippen LogP contribution in [0, 0.1) is 0 Å². The van der Waals surface area contributed by atoms with Crippen molar-refractivity contribution in [3.8, 4) is 0 Å². The van der Waals surface area contributed by atoms with Crippen LogP contribution in [-0.4, -0.2) is 60.9 Å². The van der Waals surface area contributed by atoms with Gasteiger partial charge in [-0.15, -0.1) is 0 Å². The monoisotopic (exact) mass is 295 g/mol. The molecular formula is C14H25N5S. The minimum atomic E-state index is 0.846. The zero-order valence-corrected chi connectivity index (χ0v) is 13.5. The summed E-state index contributed by atoms with van der Waals surface area (Å²) in [5, 5.41) is 4.22. The van der Waals surface area contributed by atoms with Gasteiger partial charge in [0.2, 0.25) is 0 Å². The van der Waals surface area contributed by atoms with Gasteiger partial charge in [0.05, 0.1) is 0 Å². The molecule has 0 amide bonds. The molecular weight excluding hydrogens is 270 g/mol. The number of hydrogen-bond donors (Lipinski definition) is 1. The van der Waals surface area contributed by atoms with Crippen LogP contribution in [0.25, 0.3) is 0 Å². The van der Waals surface area contributed by atoms with E-state index in [0.717, 1.165) is 55.9 Å². The molecule has 1 N–H and O–H groups in total. The molecule has 1 aromatic heterocycles. The molecule has 0 saturated carbocycles. The van der Waals surface area contributed by atoms with Crippen molar-refractivity contribution in [2.45, 2.75) is 24.9 Å². The summed E-state index contributed by atoms with van der Waals surface area (Å²) in [6.45, 7) is 7.48. The highest BCUT2D eigenvalue weighted by atomic mass is 32.2. The highest BCUT2D eigenvalue weighted by molar-refractivity contribution is 7.98. The van der Waals surface area contributed by atoms with E-state index in [-0.39, 0.29) is 0 Å². The van der Waals surface area contributed by atoms with Gasteiger partial charge >= 0.3 is 0 Å². The Balaban J connectivity index is 2.16. The van der Waals surface area contributed by atoms with Gasteiger partial charge in [0.25, 0.3) is 0 Å². The average Bonchev–Trinajstić information content (AvgIpc) is 2.69. The number of nitrogens with zero attached hydrogens (tertiary/aromatic N) is 4. The van der Waals surface area contributed by atoms with Crippen LogP contribution in [0.4, 0.5) is 11.6 Å². The summed E-state index contributed by atoms with van der Waals surface area (Å²) in [5.74, 6) is 2.00. The first kappa shape index (κ1) is 15.4. The van der Waals surface area contributed by atoms with E-state index < -0.39 is 0 Å². The molecule has 6 heteroatoms. The molecule has 0 spiro atoms. The van der Waals surface area contributed by atoms with Crippen molar-refractivity contribution in [3.63, 3.8) is 0 Å². The van der Waals surface area contributed by atoms with Crippen molar-refractivity contribution in [1.82, 2.24) is 14.9 Å². The van der Waals surface area contributed by atoms with Crippen LogP contribution in [0.15, 0.2) is 11.2 Å². The Labute approximate surface area is 126 Å². The number of anilines is 2. The standard InChI is InChI=1S/C14H25N5S/c1-4-6-15-12-11-13(17-14(16-12)20-3)19-8-5-7-18(2)9-10-19/h11H,4-10H2,1-3H3,(H,15,16,17). The lowest BCUT2D eigenvalue weighted by Crippen LogP contribution is -2.29. The van der Waals surface area contributed by atoms with Crippen LogP contribution >= 0.6 is 11.8 Å². The summed E-state index contributed by atoms with van der Waals surface area (Å²) in [4.78, 5) is 14.0. The second-order valence-corrected chi connectivity index (χ2v) is 5.94. The third-order valence-electron chi connectivity index (χ3n) is 3.47. The van der Waals surface area contributed by atoms with E-state index >= 15 is 0 Å². The third-order valence-corrected chi connectivity index (χ3v) is 4.02. The van der Waals surface area contributed by atoms with Crippen molar-refractivity contribution < 1.29 is 0 Å². The van der Waals surface area contributed by atoms with Crippen LogP contribution in [0.2, 0.25) is 0 Å². The molecule has 0 unspecified atom stereocenters. The summed E-state index contributed by atoms with van der Waals surface area (Å²) in [7, 11) is 2.19. The fourth-order valence-corrected chi connectivity index (χ4v) is 2.66. The molecule has 20 heavy (non-hydrogen) atoms. The first-order chi connectivity index (χ1) is 9.72. The summed E-state index contributed by atoms with van der Waals surface area (Å²) in [6, 6.07) is 2.08. The largest absolute Gasteiger partial charge is 0.370 e. The number of aromatic nitrogens is 2. The maximum atomic E-state index is 4.67. The SMILES string of the molecule is CCCNc1cc(N2CCCN(C)CC2)nc(SC)n1. The van der Waals surface area contributed by atoms with E-state index in [1.807, 2.05) is 6.26 Å². The van der Waals surface area contributed by atoms with E-state index in [1.54, 1.807) is 11.8 Å². The fourth-order valence-electron chi connectivity index (χ4n) is 2.29. The van der Waals surface area contributed by atoms with Gasteiger partial charge in [-0.25, -0.2) is 9.97 Å². The molecule has 0 aromatic carbocycles.